The molecule has 0 fully saturated rings. The van der Waals surface area contributed by atoms with Crippen LogP contribution >= 0.6 is 0 Å². The van der Waals surface area contributed by atoms with E-state index in [1.807, 2.05) is 54.1 Å². The maximum absolute atomic E-state index is 12.1. The maximum Gasteiger partial charge on any atom is 0.407 e. The molecule has 0 radical (unpaired) electrons. The number of aliphatic imine (C=N–C) groups is 1. The fourth-order valence-electron chi connectivity index (χ4n) is 2.52. The molecule has 1 unspecified atom stereocenters. The highest BCUT2D eigenvalue weighted by Gasteiger charge is 2.21. The molecule has 7 heteroatoms. The molecule has 0 bridgehead atoms. The first-order valence-corrected chi connectivity index (χ1v) is 9.62. The molecule has 1 aromatic rings. The third-order valence-electron chi connectivity index (χ3n) is 4.09. The Morgan fingerprint density at radius 2 is 2.04 bits per heavy atom. The number of ether oxygens (including phenoxy) is 1. The molecule has 7 nitrogen and oxygen atoms in total. The Kier molecular flexibility index (Phi) is 8.66. The first kappa shape index (κ1) is 22.9. The van der Waals surface area contributed by atoms with Gasteiger partial charge in [0, 0.05) is 32.5 Å². The minimum absolute atomic E-state index is 0.100. The predicted molar refractivity (Wildman–Crippen MR) is 111 cm³/mol. The molecule has 2 N–H and O–H groups in total. The topological polar surface area (TPSA) is 70.9 Å². The van der Waals surface area contributed by atoms with E-state index < -0.39 is 11.7 Å². The third-order valence-corrected chi connectivity index (χ3v) is 4.09. The number of amides is 1. The van der Waals surface area contributed by atoms with Crippen LogP contribution in [0.5, 0.6) is 0 Å². The number of hydrogen-bond acceptors (Lipinski definition) is 3. The average molecular weight is 380 g/mol. The summed E-state index contributed by atoms with van der Waals surface area (Å²) in [5, 5.41) is 6.27. The van der Waals surface area contributed by atoms with Crippen LogP contribution in [0.25, 0.3) is 0 Å². The summed E-state index contributed by atoms with van der Waals surface area (Å²) in [6.45, 7) is 13.8. The van der Waals surface area contributed by atoms with Crippen molar-refractivity contribution < 1.29 is 9.53 Å². The molecule has 1 amide bonds. The molecular formula is C20H37N5O2. The SMILES string of the molecule is CCNC(=NCC(NC(=O)OC(C)(C)C)C(C)C)N(C)Cc1cccn1C. The summed E-state index contributed by atoms with van der Waals surface area (Å²) in [5.41, 5.74) is 0.689. The summed E-state index contributed by atoms with van der Waals surface area (Å²) in [5.74, 6) is 1.05. The van der Waals surface area contributed by atoms with E-state index in [1.54, 1.807) is 0 Å². The number of nitrogens with one attached hydrogen (secondary N) is 2. The van der Waals surface area contributed by atoms with Crippen LogP contribution in [0.3, 0.4) is 0 Å². The first-order valence-electron chi connectivity index (χ1n) is 9.62. The second-order valence-corrected chi connectivity index (χ2v) is 8.16. The quantitative estimate of drug-likeness (QED) is 0.564. The van der Waals surface area contributed by atoms with Crippen molar-refractivity contribution >= 4 is 12.1 Å². The number of guanidine groups is 1. The first-order chi connectivity index (χ1) is 12.5. The Balaban J connectivity index is 2.79. The van der Waals surface area contributed by atoms with Crippen molar-refractivity contribution in [1.82, 2.24) is 20.1 Å². The number of aryl methyl sites for hydroxylation is 1. The summed E-state index contributed by atoms with van der Waals surface area (Å²) < 4.78 is 7.47. The van der Waals surface area contributed by atoms with Crippen LogP contribution in [0.1, 0.15) is 47.2 Å². The van der Waals surface area contributed by atoms with Crippen molar-refractivity contribution in [2.45, 2.75) is 59.7 Å². The lowest BCUT2D eigenvalue weighted by atomic mass is 10.1. The van der Waals surface area contributed by atoms with Gasteiger partial charge < -0.3 is 24.8 Å². The second kappa shape index (κ2) is 10.2. The number of aromatic nitrogens is 1. The number of nitrogens with zero attached hydrogens (tertiary/aromatic N) is 3. The lowest BCUT2D eigenvalue weighted by Gasteiger charge is -2.26. The lowest BCUT2D eigenvalue weighted by molar-refractivity contribution is 0.0493. The van der Waals surface area contributed by atoms with Crippen LogP contribution in [-0.2, 0) is 18.3 Å². The number of carbonyl (C=O) groups is 1. The number of hydrogen-bond donors (Lipinski definition) is 2. The zero-order valence-corrected chi connectivity index (χ0v) is 18.2. The Hall–Kier alpha value is -2.18. The van der Waals surface area contributed by atoms with Crippen LogP contribution < -0.4 is 10.6 Å². The van der Waals surface area contributed by atoms with Gasteiger partial charge >= 0.3 is 6.09 Å². The zero-order valence-electron chi connectivity index (χ0n) is 18.2. The molecule has 0 spiro atoms. The molecule has 0 saturated carbocycles. The van der Waals surface area contributed by atoms with Gasteiger partial charge in [0.05, 0.1) is 19.1 Å². The minimum Gasteiger partial charge on any atom is -0.444 e. The Morgan fingerprint density at radius 1 is 1.37 bits per heavy atom. The molecule has 27 heavy (non-hydrogen) atoms. The average Bonchev–Trinajstić information content (AvgIpc) is 2.92. The summed E-state index contributed by atoms with van der Waals surface area (Å²) in [6, 6.07) is 4.03. The molecule has 0 aliphatic rings. The van der Waals surface area contributed by atoms with E-state index in [-0.39, 0.29) is 12.0 Å². The van der Waals surface area contributed by atoms with E-state index in [2.05, 4.69) is 40.0 Å². The van der Waals surface area contributed by atoms with Gasteiger partial charge in [0.25, 0.3) is 0 Å². The highest BCUT2D eigenvalue weighted by atomic mass is 16.6. The standard InChI is InChI=1S/C20H37N5O2/c1-9-21-18(25(8)14-16-11-10-12-24(16)7)22-13-17(15(2)3)23-19(26)27-20(4,5)6/h10-12,15,17H,9,13-14H2,1-8H3,(H,21,22)(H,23,26). The van der Waals surface area contributed by atoms with E-state index in [0.717, 1.165) is 19.0 Å². The zero-order chi connectivity index (χ0) is 20.6. The van der Waals surface area contributed by atoms with Crippen molar-refractivity contribution in [2.24, 2.45) is 18.0 Å². The van der Waals surface area contributed by atoms with Crippen molar-refractivity contribution in [1.29, 1.82) is 0 Å². The molecule has 1 aromatic heterocycles. The fraction of sp³-hybridized carbons (Fsp3) is 0.700. The fourth-order valence-corrected chi connectivity index (χ4v) is 2.52. The van der Waals surface area contributed by atoms with Gasteiger partial charge in [0.15, 0.2) is 5.96 Å². The molecule has 154 valence electrons. The van der Waals surface area contributed by atoms with Crippen LogP contribution in [0.2, 0.25) is 0 Å². The van der Waals surface area contributed by atoms with Crippen LogP contribution in [0.4, 0.5) is 4.79 Å². The molecule has 0 aromatic carbocycles. The van der Waals surface area contributed by atoms with E-state index in [1.165, 1.54) is 5.69 Å². The number of alkyl carbamates (subject to hydrolysis) is 1. The summed E-state index contributed by atoms with van der Waals surface area (Å²) in [4.78, 5) is 18.9. The van der Waals surface area contributed by atoms with Crippen molar-refractivity contribution in [2.75, 3.05) is 20.1 Å². The minimum atomic E-state index is -0.515. The van der Waals surface area contributed by atoms with Gasteiger partial charge in [-0.2, -0.15) is 0 Å². The number of carbonyl (C=O) groups excluding carboxylic acids is 1. The van der Waals surface area contributed by atoms with Gasteiger partial charge in [-0.3, -0.25) is 4.99 Å². The Labute approximate surface area is 164 Å². The molecule has 1 heterocycles. The molecule has 0 aliphatic carbocycles. The molecule has 0 aliphatic heterocycles. The Morgan fingerprint density at radius 3 is 2.52 bits per heavy atom. The predicted octanol–water partition coefficient (Wildman–Crippen LogP) is 2.97. The molecular weight excluding hydrogens is 342 g/mol. The van der Waals surface area contributed by atoms with Gasteiger partial charge in [0.2, 0.25) is 0 Å². The van der Waals surface area contributed by atoms with Crippen molar-refractivity contribution in [3.63, 3.8) is 0 Å². The van der Waals surface area contributed by atoms with E-state index in [4.69, 9.17) is 9.73 Å². The molecule has 1 rings (SSSR count). The van der Waals surface area contributed by atoms with E-state index >= 15 is 0 Å². The maximum atomic E-state index is 12.1. The lowest BCUT2D eigenvalue weighted by Crippen LogP contribution is -2.45. The smallest absolute Gasteiger partial charge is 0.407 e. The van der Waals surface area contributed by atoms with Gasteiger partial charge in [-0.15, -0.1) is 0 Å². The highest BCUT2D eigenvalue weighted by Crippen LogP contribution is 2.09. The van der Waals surface area contributed by atoms with E-state index in [0.29, 0.717) is 6.54 Å². The second-order valence-electron chi connectivity index (χ2n) is 8.16. The van der Waals surface area contributed by atoms with Gasteiger partial charge in [0.1, 0.15) is 5.60 Å². The normalized spacial score (nSPS) is 13.4. The molecule has 0 saturated heterocycles. The van der Waals surface area contributed by atoms with Gasteiger partial charge in [-0.25, -0.2) is 4.79 Å². The van der Waals surface area contributed by atoms with E-state index in [9.17, 15) is 4.79 Å². The van der Waals surface area contributed by atoms with Gasteiger partial charge in [-0.05, 0) is 45.7 Å². The highest BCUT2D eigenvalue weighted by molar-refractivity contribution is 5.79. The van der Waals surface area contributed by atoms with Gasteiger partial charge in [-0.1, -0.05) is 13.8 Å². The van der Waals surface area contributed by atoms with Crippen LogP contribution in [0.15, 0.2) is 23.3 Å². The monoisotopic (exact) mass is 379 g/mol. The summed E-state index contributed by atoms with van der Waals surface area (Å²) in [7, 11) is 4.05. The Bertz CT molecular complexity index is 616. The molecule has 1 atom stereocenters. The van der Waals surface area contributed by atoms with Crippen LogP contribution in [-0.4, -0.2) is 53.3 Å². The van der Waals surface area contributed by atoms with Crippen LogP contribution in [0, 0.1) is 5.92 Å². The van der Waals surface area contributed by atoms with Crippen molar-refractivity contribution in [3.8, 4) is 0 Å². The summed E-state index contributed by atoms with van der Waals surface area (Å²) in [6.07, 6.45) is 1.63. The third kappa shape index (κ3) is 8.37. The summed E-state index contributed by atoms with van der Waals surface area (Å²) >= 11 is 0. The number of rotatable bonds is 7. The largest absolute Gasteiger partial charge is 0.444 e. The van der Waals surface area contributed by atoms with Crippen molar-refractivity contribution in [3.05, 3.63) is 24.0 Å².